The van der Waals surface area contributed by atoms with Crippen LogP contribution in [0.2, 0.25) is 0 Å². The largest absolute Gasteiger partial charge is 0.466 e. The van der Waals surface area contributed by atoms with Crippen LogP contribution in [-0.2, 0) is 19.1 Å². The number of carbonyl (C=O) groups excluding carboxylic acids is 3. The van der Waals surface area contributed by atoms with Crippen molar-refractivity contribution >= 4 is 23.6 Å². The fourth-order valence-electron chi connectivity index (χ4n) is 4.37. The number of anilines is 1. The van der Waals surface area contributed by atoms with Gasteiger partial charge >= 0.3 is 17.9 Å². The van der Waals surface area contributed by atoms with Crippen molar-refractivity contribution < 1.29 is 28.6 Å². The zero-order valence-electron chi connectivity index (χ0n) is 21.5. The van der Waals surface area contributed by atoms with E-state index in [-0.39, 0.29) is 33.9 Å². The monoisotopic (exact) mass is 523 g/mol. The highest BCUT2D eigenvalue weighted by atomic mass is 16.5. The van der Waals surface area contributed by atoms with Gasteiger partial charge in [-0.3, -0.25) is 4.90 Å². The number of nitrogens with two attached hydrogens (primary N) is 1. The molecule has 0 saturated carbocycles. The highest BCUT2D eigenvalue weighted by molar-refractivity contribution is 6.08. The SMILES string of the molecule is COC(=O)C1=C(C(=O)OC)N(c2ccccc2C(=O)Oc2ccc(C)cc2)C(N)=C(C#N)C1c1ccccc1. The number of hydrogen-bond acceptors (Lipinski definition) is 9. The quantitative estimate of drug-likeness (QED) is 0.374. The van der Waals surface area contributed by atoms with E-state index in [4.69, 9.17) is 19.9 Å². The molecule has 0 fully saturated rings. The van der Waals surface area contributed by atoms with Gasteiger partial charge < -0.3 is 19.9 Å². The number of rotatable bonds is 6. The summed E-state index contributed by atoms with van der Waals surface area (Å²) in [6.07, 6.45) is 0. The molecule has 4 rings (SSSR count). The Labute approximate surface area is 225 Å². The lowest BCUT2D eigenvalue weighted by Gasteiger charge is -2.36. The summed E-state index contributed by atoms with van der Waals surface area (Å²) in [6, 6.07) is 23.9. The highest BCUT2D eigenvalue weighted by Crippen LogP contribution is 2.44. The van der Waals surface area contributed by atoms with Crippen LogP contribution < -0.4 is 15.4 Å². The van der Waals surface area contributed by atoms with Crippen molar-refractivity contribution in [1.29, 1.82) is 5.26 Å². The maximum absolute atomic E-state index is 13.3. The highest BCUT2D eigenvalue weighted by Gasteiger charge is 2.43. The molecule has 0 aliphatic carbocycles. The molecule has 9 heteroatoms. The Bertz CT molecular complexity index is 1530. The third-order valence-corrected chi connectivity index (χ3v) is 6.21. The minimum atomic E-state index is -1.03. The van der Waals surface area contributed by atoms with Crippen LogP contribution in [-0.4, -0.2) is 32.1 Å². The second-order valence-corrected chi connectivity index (χ2v) is 8.55. The zero-order valence-corrected chi connectivity index (χ0v) is 21.5. The van der Waals surface area contributed by atoms with Gasteiger partial charge in [0, 0.05) is 0 Å². The summed E-state index contributed by atoms with van der Waals surface area (Å²) in [5.74, 6) is -3.40. The maximum Gasteiger partial charge on any atom is 0.355 e. The lowest BCUT2D eigenvalue weighted by Crippen LogP contribution is -2.41. The predicted molar refractivity (Wildman–Crippen MR) is 142 cm³/mol. The van der Waals surface area contributed by atoms with Crippen LogP contribution in [0.15, 0.2) is 102 Å². The third kappa shape index (κ3) is 5.08. The smallest absolute Gasteiger partial charge is 0.355 e. The molecule has 3 aromatic carbocycles. The molecule has 9 nitrogen and oxygen atoms in total. The van der Waals surface area contributed by atoms with Gasteiger partial charge in [-0.25, -0.2) is 14.4 Å². The maximum atomic E-state index is 13.3. The number of hydrogen-bond donors (Lipinski definition) is 1. The van der Waals surface area contributed by atoms with Crippen molar-refractivity contribution in [3.63, 3.8) is 0 Å². The summed E-state index contributed by atoms with van der Waals surface area (Å²) in [6.45, 7) is 1.90. The molecule has 1 aliphatic rings. The van der Waals surface area contributed by atoms with Crippen molar-refractivity contribution in [2.24, 2.45) is 5.73 Å². The normalized spacial score (nSPS) is 14.9. The van der Waals surface area contributed by atoms with E-state index < -0.39 is 23.8 Å². The number of methoxy groups -OCH3 is 2. The summed E-state index contributed by atoms with van der Waals surface area (Å²) in [5, 5.41) is 10.2. The van der Waals surface area contributed by atoms with Crippen LogP contribution >= 0.6 is 0 Å². The van der Waals surface area contributed by atoms with Gasteiger partial charge in [-0.05, 0) is 36.8 Å². The fraction of sp³-hybridized carbons (Fsp3) is 0.133. The first-order valence-electron chi connectivity index (χ1n) is 11.9. The number of esters is 3. The molecule has 2 N–H and O–H groups in total. The molecule has 3 aromatic rings. The van der Waals surface area contributed by atoms with Gasteiger partial charge in [0.05, 0.1) is 48.6 Å². The van der Waals surface area contributed by atoms with Crippen molar-refractivity contribution in [2.75, 3.05) is 19.1 Å². The molecule has 0 radical (unpaired) electrons. The Kier molecular flexibility index (Phi) is 7.77. The number of nitrogens with zero attached hydrogens (tertiary/aromatic N) is 2. The summed E-state index contributed by atoms with van der Waals surface area (Å²) in [7, 11) is 2.31. The number of aryl methyl sites for hydroxylation is 1. The van der Waals surface area contributed by atoms with Crippen LogP contribution in [0.25, 0.3) is 0 Å². The topological polar surface area (TPSA) is 132 Å². The number of ether oxygens (including phenoxy) is 3. The van der Waals surface area contributed by atoms with Crippen molar-refractivity contribution in [2.45, 2.75) is 12.8 Å². The van der Waals surface area contributed by atoms with Gasteiger partial charge in [-0.1, -0.05) is 60.2 Å². The molecule has 1 aliphatic heterocycles. The Morgan fingerprint density at radius 3 is 2.08 bits per heavy atom. The Hall–Kier alpha value is -5.36. The third-order valence-electron chi connectivity index (χ3n) is 6.21. The molecule has 0 bridgehead atoms. The van der Waals surface area contributed by atoms with Gasteiger partial charge in [-0.15, -0.1) is 0 Å². The predicted octanol–water partition coefficient (Wildman–Crippen LogP) is 4.11. The number of benzene rings is 3. The van der Waals surface area contributed by atoms with E-state index in [1.807, 2.05) is 6.92 Å². The summed E-state index contributed by atoms with van der Waals surface area (Å²) in [5.41, 5.74) is 7.74. The molecular weight excluding hydrogens is 498 g/mol. The zero-order chi connectivity index (χ0) is 28.1. The fourth-order valence-corrected chi connectivity index (χ4v) is 4.37. The van der Waals surface area contributed by atoms with Crippen LogP contribution in [0.4, 0.5) is 5.69 Å². The first kappa shape index (κ1) is 26.7. The first-order chi connectivity index (χ1) is 18.8. The molecule has 1 unspecified atom stereocenters. The number of carbonyl (C=O) groups is 3. The lowest BCUT2D eigenvalue weighted by molar-refractivity contribution is -0.139. The second-order valence-electron chi connectivity index (χ2n) is 8.55. The van der Waals surface area contributed by atoms with E-state index in [0.29, 0.717) is 11.3 Å². The summed E-state index contributed by atoms with van der Waals surface area (Å²) in [4.78, 5) is 41.0. The van der Waals surface area contributed by atoms with Crippen LogP contribution in [0.3, 0.4) is 0 Å². The van der Waals surface area contributed by atoms with Crippen molar-refractivity contribution in [3.8, 4) is 11.8 Å². The van der Waals surface area contributed by atoms with Crippen molar-refractivity contribution in [3.05, 3.63) is 118 Å². The van der Waals surface area contributed by atoms with Gasteiger partial charge in [0.1, 0.15) is 17.3 Å². The van der Waals surface area contributed by atoms with Crippen LogP contribution in [0, 0.1) is 18.3 Å². The Morgan fingerprint density at radius 1 is 0.846 bits per heavy atom. The molecule has 0 spiro atoms. The van der Waals surface area contributed by atoms with E-state index in [0.717, 1.165) is 19.8 Å². The molecule has 1 heterocycles. The van der Waals surface area contributed by atoms with Crippen LogP contribution in [0.5, 0.6) is 5.75 Å². The number of nitriles is 1. The molecule has 0 aromatic heterocycles. The van der Waals surface area contributed by atoms with E-state index >= 15 is 0 Å². The lowest BCUT2D eigenvalue weighted by atomic mass is 9.80. The summed E-state index contributed by atoms with van der Waals surface area (Å²) >= 11 is 0. The molecular formula is C30H25N3O6. The Balaban J connectivity index is 1.97. The molecule has 0 saturated heterocycles. The van der Waals surface area contributed by atoms with Gasteiger partial charge in [0.15, 0.2) is 0 Å². The van der Waals surface area contributed by atoms with Gasteiger partial charge in [-0.2, -0.15) is 5.26 Å². The number of allylic oxidation sites excluding steroid dienone is 1. The van der Waals surface area contributed by atoms with Gasteiger partial charge in [0.2, 0.25) is 0 Å². The second kappa shape index (κ2) is 11.4. The standard InChI is InChI=1S/C30H25N3O6/c1-18-13-15-20(16-14-18)39-28(34)21-11-7-8-12-23(21)33-26(30(36)38-3)25(29(35)37-2)24(22(17-31)27(33)32)19-9-5-4-6-10-19/h4-16,24H,32H2,1-3H3. The van der Waals surface area contributed by atoms with E-state index in [2.05, 4.69) is 6.07 Å². The van der Waals surface area contributed by atoms with E-state index in [1.54, 1.807) is 66.7 Å². The van der Waals surface area contributed by atoms with Crippen LogP contribution in [0.1, 0.15) is 27.4 Å². The molecule has 196 valence electrons. The molecule has 1 atom stereocenters. The molecule has 39 heavy (non-hydrogen) atoms. The summed E-state index contributed by atoms with van der Waals surface area (Å²) < 4.78 is 15.7. The van der Waals surface area contributed by atoms with E-state index in [1.165, 1.54) is 17.0 Å². The first-order valence-corrected chi connectivity index (χ1v) is 11.9. The van der Waals surface area contributed by atoms with Gasteiger partial charge in [0.25, 0.3) is 0 Å². The minimum Gasteiger partial charge on any atom is -0.466 e. The average molecular weight is 524 g/mol. The average Bonchev–Trinajstić information content (AvgIpc) is 2.97. The molecule has 0 amide bonds. The van der Waals surface area contributed by atoms with Crippen molar-refractivity contribution in [1.82, 2.24) is 0 Å². The Morgan fingerprint density at radius 2 is 1.46 bits per heavy atom. The van der Waals surface area contributed by atoms with E-state index in [9.17, 15) is 19.6 Å². The minimum absolute atomic E-state index is 0.0176. The number of para-hydroxylation sites is 1.